The molecule has 0 saturated heterocycles. The highest BCUT2D eigenvalue weighted by molar-refractivity contribution is 6.01. The molecule has 1 amide bonds. The Morgan fingerprint density at radius 3 is 2.81 bits per heavy atom. The number of nitrogens with zero attached hydrogens (tertiary/aromatic N) is 2. The zero-order valence-corrected chi connectivity index (χ0v) is 15.3. The van der Waals surface area contributed by atoms with Gasteiger partial charge in [-0.3, -0.25) is 14.2 Å². The predicted molar refractivity (Wildman–Crippen MR) is 101 cm³/mol. The fourth-order valence-corrected chi connectivity index (χ4v) is 3.57. The number of hydrogen-bond donors (Lipinski definition) is 2. The average Bonchev–Trinajstić information content (AvgIpc) is 2.60. The Morgan fingerprint density at radius 2 is 2.15 bits per heavy atom. The van der Waals surface area contributed by atoms with E-state index >= 15 is 0 Å². The van der Waals surface area contributed by atoms with Gasteiger partial charge in [0.1, 0.15) is 17.0 Å². The second kappa shape index (κ2) is 6.94. The lowest BCUT2D eigenvalue weighted by Gasteiger charge is -2.34. The minimum atomic E-state index is -0.553. The normalized spacial score (nSPS) is 17.2. The first kappa shape index (κ1) is 18.2. The molecule has 0 spiro atoms. The maximum Gasteiger partial charge on any atom is 0.269 e. The number of nitrogens with one attached hydrogen (secondary N) is 1. The van der Waals surface area contributed by atoms with Crippen LogP contribution >= 0.6 is 0 Å². The monoisotopic (exact) mass is 355 g/mol. The molecule has 0 bridgehead atoms. The van der Waals surface area contributed by atoms with Gasteiger partial charge in [0.25, 0.3) is 11.5 Å². The number of aromatic nitrogens is 2. The Bertz CT molecular complexity index is 904. The number of hydrogen-bond acceptors (Lipinski definition) is 4. The lowest BCUT2D eigenvalue weighted by Crippen LogP contribution is -2.42. The molecule has 138 valence electrons. The standard InChI is InChI=1S/C20H25N3O3/c1-4-12-23-17-14(6-5-11-21-17)16(24)15(19(23)26)18(25)22-13-7-9-20(2,3)10-8-13/h4-6,11,13,24H,1,7-10,12H2,2-3H3,(H,22,25). The summed E-state index contributed by atoms with van der Waals surface area (Å²) in [5.74, 6) is -0.840. The second-order valence-electron chi connectivity index (χ2n) is 7.71. The summed E-state index contributed by atoms with van der Waals surface area (Å²) in [4.78, 5) is 29.8. The molecular weight excluding hydrogens is 330 g/mol. The summed E-state index contributed by atoms with van der Waals surface area (Å²) >= 11 is 0. The largest absolute Gasteiger partial charge is 0.506 e. The number of allylic oxidation sites excluding steroid dienone is 1. The highest BCUT2D eigenvalue weighted by atomic mass is 16.3. The van der Waals surface area contributed by atoms with E-state index in [1.54, 1.807) is 24.4 Å². The predicted octanol–water partition coefficient (Wildman–Crippen LogP) is 2.99. The fourth-order valence-electron chi connectivity index (χ4n) is 3.57. The number of fused-ring (bicyclic) bond motifs is 1. The van der Waals surface area contributed by atoms with Gasteiger partial charge in [-0.05, 0) is 43.2 Å². The van der Waals surface area contributed by atoms with Crippen molar-refractivity contribution in [3.05, 3.63) is 46.9 Å². The fraction of sp³-hybridized carbons (Fsp3) is 0.450. The van der Waals surface area contributed by atoms with E-state index in [0.717, 1.165) is 25.7 Å². The third kappa shape index (κ3) is 3.36. The van der Waals surface area contributed by atoms with Gasteiger partial charge in [0, 0.05) is 18.8 Å². The molecule has 0 radical (unpaired) electrons. The van der Waals surface area contributed by atoms with Crippen LogP contribution in [0.4, 0.5) is 0 Å². The van der Waals surface area contributed by atoms with Crippen LogP contribution in [0.15, 0.2) is 35.8 Å². The molecule has 2 N–H and O–H groups in total. The molecule has 2 heterocycles. The van der Waals surface area contributed by atoms with Crippen LogP contribution in [0.1, 0.15) is 49.9 Å². The van der Waals surface area contributed by atoms with Crippen LogP contribution < -0.4 is 10.9 Å². The first-order valence-corrected chi connectivity index (χ1v) is 8.96. The summed E-state index contributed by atoms with van der Waals surface area (Å²) in [6.07, 6.45) is 6.89. The van der Waals surface area contributed by atoms with Gasteiger partial charge in [0.05, 0.1) is 5.39 Å². The number of amides is 1. The minimum Gasteiger partial charge on any atom is -0.506 e. The number of carbonyl (C=O) groups excluding carboxylic acids is 1. The van der Waals surface area contributed by atoms with E-state index in [1.165, 1.54) is 4.57 Å². The second-order valence-corrected chi connectivity index (χ2v) is 7.71. The molecule has 0 atom stereocenters. The van der Waals surface area contributed by atoms with Gasteiger partial charge in [0.2, 0.25) is 0 Å². The van der Waals surface area contributed by atoms with Gasteiger partial charge in [-0.25, -0.2) is 4.98 Å². The average molecular weight is 355 g/mol. The highest BCUT2D eigenvalue weighted by Crippen LogP contribution is 2.35. The highest BCUT2D eigenvalue weighted by Gasteiger charge is 2.29. The lowest BCUT2D eigenvalue weighted by atomic mass is 9.75. The SMILES string of the molecule is C=CCn1c(=O)c(C(=O)NC2CCC(C)(C)CC2)c(O)c2cccnc21. The van der Waals surface area contributed by atoms with Crippen molar-refractivity contribution in [1.29, 1.82) is 0 Å². The van der Waals surface area contributed by atoms with Crippen molar-refractivity contribution in [3.8, 4) is 5.75 Å². The van der Waals surface area contributed by atoms with Crippen LogP contribution in [0.5, 0.6) is 5.75 Å². The number of pyridine rings is 2. The van der Waals surface area contributed by atoms with Crippen molar-refractivity contribution >= 4 is 16.9 Å². The van der Waals surface area contributed by atoms with Gasteiger partial charge in [-0.2, -0.15) is 0 Å². The molecule has 1 fully saturated rings. The van der Waals surface area contributed by atoms with Crippen molar-refractivity contribution in [2.24, 2.45) is 5.41 Å². The first-order chi connectivity index (χ1) is 12.3. The molecule has 0 unspecified atom stereocenters. The molecule has 0 aromatic carbocycles. The van der Waals surface area contributed by atoms with E-state index in [2.05, 4.69) is 30.7 Å². The summed E-state index contributed by atoms with van der Waals surface area (Å²) in [6.45, 7) is 8.32. The molecule has 2 aromatic rings. The molecule has 1 saturated carbocycles. The molecule has 6 heteroatoms. The third-order valence-electron chi connectivity index (χ3n) is 5.21. The topological polar surface area (TPSA) is 84.2 Å². The Kier molecular flexibility index (Phi) is 4.85. The van der Waals surface area contributed by atoms with E-state index < -0.39 is 11.5 Å². The van der Waals surface area contributed by atoms with Crippen LogP contribution in [0, 0.1) is 5.41 Å². The third-order valence-corrected chi connectivity index (χ3v) is 5.21. The zero-order valence-electron chi connectivity index (χ0n) is 15.3. The lowest BCUT2D eigenvalue weighted by molar-refractivity contribution is 0.0904. The Labute approximate surface area is 152 Å². The van der Waals surface area contributed by atoms with Crippen molar-refractivity contribution in [2.45, 2.75) is 52.1 Å². The molecular formula is C20H25N3O3. The molecule has 6 nitrogen and oxygen atoms in total. The summed E-state index contributed by atoms with van der Waals surface area (Å²) in [5, 5.41) is 13.9. The summed E-state index contributed by atoms with van der Waals surface area (Å²) in [6, 6.07) is 3.33. The van der Waals surface area contributed by atoms with Crippen LogP contribution in [-0.4, -0.2) is 26.6 Å². The van der Waals surface area contributed by atoms with Gasteiger partial charge in [0.15, 0.2) is 0 Å². The van der Waals surface area contributed by atoms with Gasteiger partial charge in [-0.15, -0.1) is 6.58 Å². The van der Waals surface area contributed by atoms with Gasteiger partial charge < -0.3 is 10.4 Å². The summed E-state index contributed by atoms with van der Waals surface area (Å²) < 4.78 is 1.36. The summed E-state index contributed by atoms with van der Waals surface area (Å²) in [7, 11) is 0. The van der Waals surface area contributed by atoms with E-state index in [9.17, 15) is 14.7 Å². The van der Waals surface area contributed by atoms with Crippen LogP contribution in [-0.2, 0) is 6.54 Å². The van der Waals surface area contributed by atoms with Crippen LogP contribution in [0.2, 0.25) is 0 Å². The van der Waals surface area contributed by atoms with E-state index in [4.69, 9.17) is 0 Å². The zero-order chi connectivity index (χ0) is 18.9. The molecule has 2 aromatic heterocycles. The summed E-state index contributed by atoms with van der Waals surface area (Å²) in [5.41, 5.74) is -0.153. The minimum absolute atomic E-state index is 0.0202. The van der Waals surface area contributed by atoms with Gasteiger partial charge in [-0.1, -0.05) is 19.9 Å². The molecule has 1 aliphatic rings. The Balaban J connectivity index is 1.98. The number of rotatable bonds is 4. The maximum atomic E-state index is 12.8. The maximum absolute atomic E-state index is 12.8. The number of aromatic hydroxyl groups is 1. The van der Waals surface area contributed by atoms with E-state index in [-0.39, 0.29) is 29.3 Å². The Morgan fingerprint density at radius 1 is 1.46 bits per heavy atom. The first-order valence-electron chi connectivity index (χ1n) is 8.96. The quantitative estimate of drug-likeness (QED) is 0.826. The van der Waals surface area contributed by atoms with Crippen molar-refractivity contribution in [1.82, 2.24) is 14.9 Å². The van der Waals surface area contributed by atoms with E-state index in [0.29, 0.717) is 11.0 Å². The van der Waals surface area contributed by atoms with Gasteiger partial charge >= 0.3 is 0 Å². The van der Waals surface area contributed by atoms with Crippen molar-refractivity contribution in [2.75, 3.05) is 0 Å². The van der Waals surface area contributed by atoms with E-state index in [1.807, 2.05) is 0 Å². The van der Waals surface area contributed by atoms with Crippen LogP contribution in [0.25, 0.3) is 11.0 Å². The van der Waals surface area contributed by atoms with Crippen LogP contribution in [0.3, 0.4) is 0 Å². The molecule has 0 aliphatic heterocycles. The molecule has 1 aliphatic carbocycles. The molecule has 3 rings (SSSR count). The molecule has 26 heavy (non-hydrogen) atoms. The van der Waals surface area contributed by atoms with Crippen molar-refractivity contribution < 1.29 is 9.90 Å². The Hall–Kier alpha value is -2.63. The number of carbonyl (C=O) groups is 1. The van der Waals surface area contributed by atoms with Crippen molar-refractivity contribution in [3.63, 3.8) is 0 Å². The smallest absolute Gasteiger partial charge is 0.269 e.